The summed E-state index contributed by atoms with van der Waals surface area (Å²) in [5, 5.41) is 21.8. The predicted octanol–water partition coefficient (Wildman–Crippen LogP) is 6.58. The zero-order valence-corrected chi connectivity index (χ0v) is 19.9. The maximum Gasteiger partial charge on any atom is 0.0728 e. The average molecular weight is 405 g/mol. The van der Waals surface area contributed by atoms with Crippen LogP contribution in [0.15, 0.2) is 0 Å². The Morgan fingerprint density at radius 2 is 1.62 bits per heavy atom. The number of fused-ring (bicyclic) bond motifs is 5. The van der Waals surface area contributed by atoms with E-state index in [2.05, 4.69) is 34.6 Å². The molecule has 0 bridgehead atoms. The summed E-state index contributed by atoms with van der Waals surface area (Å²) >= 11 is 0. The van der Waals surface area contributed by atoms with Crippen molar-refractivity contribution in [1.82, 2.24) is 0 Å². The highest BCUT2D eigenvalue weighted by Gasteiger charge is 2.64. The maximum atomic E-state index is 11.6. The van der Waals surface area contributed by atoms with Gasteiger partial charge in [0.05, 0.1) is 11.7 Å². The highest BCUT2D eigenvalue weighted by molar-refractivity contribution is 5.14. The Bertz CT molecular complexity index is 587. The van der Waals surface area contributed by atoms with Gasteiger partial charge in [0.15, 0.2) is 0 Å². The largest absolute Gasteiger partial charge is 0.393 e. The van der Waals surface area contributed by atoms with E-state index < -0.39 is 5.60 Å². The van der Waals surface area contributed by atoms with Gasteiger partial charge in [-0.15, -0.1) is 0 Å². The Labute approximate surface area is 180 Å². The lowest BCUT2D eigenvalue weighted by Crippen LogP contribution is -2.62. The molecule has 0 heterocycles. The summed E-state index contributed by atoms with van der Waals surface area (Å²) in [7, 11) is 0. The van der Waals surface area contributed by atoms with Gasteiger partial charge >= 0.3 is 0 Å². The molecule has 4 aliphatic carbocycles. The normalized spacial score (nSPS) is 50.7. The van der Waals surface area contributed by atoms with Crippen LogP contribution >= 0.6 is 0 Å². The molecule has 2 heteroatoms. The molecule has 4 saturated carbocycles. The van der Waals surface area contributed by atoms with Crippen LogP contribution in [0.3, 0.4) is 0 Å². The SMILES string of the molecule is CC(C)CCC[C@@H](C)[C@@H]1CC[C@@H]2[C@H]3CC[C@@]4(O)C[C@@H](O)CC[C@]4(C)[C@@H]3CC[C@@]21C. The van der Waals surface area contributed by atoms with E-state index in [-0.39, 0.29) is 11.5 Å². The van der Waals surface area contributed by atoms with Gasteiger partial charge in [-0.3, -0.25) is 0 Å². The fourth-order valence-corrected chi connectivity index (χ4v) is 9.25. The maximum absolute atomic E-state index is 11.6. The van der Waals surface area contributed by atoms with E-state index in [0.717, 1.165) is 48.9 Å². The third-order valence-corrected chi connectivity index (χ3v) is 11.0. The summed E-state index contributed by atoms with van der Waals surface area (Å²) in [4.78, 5) is 0. The Morgan fingerprint density at radius 3 is 2.34 bits per heavy atom. The zero-order chi connectivity index (χ0) is 21.0. The molecule has 0 aromatic carbocycles. The molecule has 0 unspecified atom stereocenters. The van der Waals surface area contributed by atoms with Crippen molar-refractivity contribution < 1.29 is 10.2 Å². The van der Waals surface area contributed by atoms with Crippen molar-refractivity contribution in [2.45, 2.75) is 123 Å². The molecule has 4 fully saturated rings. The van der Waals surface area contributed by atoms with Crippen molar-refractivity contribution >= 4 is 0 Å². The first-order valence-corrected chi connectivity index (χ1v) is 13.0. The molecule has 9 atom stereocenters. The first kappa shape index (κ1) is 22.1. The number of hydrogen-bond donors (Lipinski definition) is 2. The molecule has 4 aliphatic rings. The van der Waals surface area contributed by atoms with Gasteiger partial charge in [0.25, 0.3) is 0 Å². The summed E-state index contributed by atoms with van der Waals surface area (Å²) in [6, 6.07) is 0. The predicted molar refractivity (Wildman–Crippen MR) is 121 cm³/mol. The first-order chi connectivity index (χ1) is 13.6. The lowest BCUT2D eigenvalue weighted by molar-refractivity contribution is -0.220. The van der Waals surface area contributed by atoms with Crippen molar-refractivity contribution in [2.75, 3.05) is 0 Å². The Kier molecular flexibility index (Phi) is 5.95. The molecule has 0 aromatic heterocycles. The topological polar surface area (TPSA) is 40.5 Å². The molecule has 0 radical (unpaired) electrons. The van der Waals surface area contributed by atoms with E-state index in [1.807, 2.05) is 0 Å². The molecule has 0 amide bonds. The molecule has 0 saturated heterocycles. The first-order valence-electron chi connectivity index (χ1n) is 13.0. The van der Waals surface area contributed by atoms with Crippen LogP contribution in [0.1, 0.15) is 112 Å². The number of aliphatic hydroxyl groups is 2. The van der Waals surface area contributed by atoms with Gasteiger partial charge in [-0.05, 0) is 97.7 Å². The molecule has 0 aliphatic heterocycles. The molecule has 0 aromatic rings. The molecular formula is C27H48O2. The van der Waals surface area contributed by atoms with Gasteiger partial charge in [-0.2, -0.15) is 0 Å². The van der Waals surface area contributed by atoms with Gasteiger partial charge in [0, 0.05) is 6.42 Å². The molecule has 4 rings (SSSR count). The van der Waals surface area contributed by atoms with Crippen LogP contribution in [-0.4, -0.2) is 21.9 Å². The quantitative estimate of drug-likeness (QED) is 0.543. The lowest BCUT2D eigenvalue weighted by atomic mass is 9.43. The molecular weight excluding hydrogens is 356 g/mol. The second kappa shape index (κ2) is 7.80. The standard InChI is InChI=1S/C27H48O2/c1-18(2)7-6-8-19(3)22-9-10-23-21-12-16-27(29)17-20(28)11-15-26(27,5)24(21)13-14-25(22,23)4/h18-24,28-29H,6-17H2,1-5H3/t19-,20+,21-,22+,23-,24-,25-,26-,27-/m1/s1. The van der Waals surface area contributed by atoms with Crippen LogP contribution in [0.25, 0.3) is 0 Å². The van der Waals surface area contributed by atoms with Crippen molar-refractivity contribution in [3.8, 4) is 0 Å². The monoisotopic (exact) mass is 404 g/mol. The minimum atomic E-state index is -0.623. The van der Waals surface area contributed by atoms with E-state index in [9.17, 15) is 10.2 Å². The molecule has 2 nitrogen and oxygen atoms in total. The Balaban J connectivity index is 1.49. The van der Waals surface area contributed by atoms with Crippen LogP contribution in [0.5, 0.6) is 0 Å². The summed E-state index contributed by atoms with van der Waals surface area (Å²) in [6.07, 6.45) is 14.1. The zero-order valence-electron chi connectivity index (χ0n) is 19.9. The highest BCUT2D eigenvalue weighted by atomic mass is 16.3. The van der Waals surface area contributed by atoms with E-state index in [1.165, 1.54) is 51.4 Å². The molecule has 2 N–H and O–H groups in total. The van der Waals surface area contributed by atoms with E-state index in [4.69, 9.17) is 0 Å². The van der Waals surface area contributed by atoms with Crippen LogP contribution in [0.2, 0.25) is 0 Å². The van der Waals surface area contributed by atoms with Crippen LogP contribution < -0.4 is 0 Å². The van der Waals surface area contributed by atoms with E-state index in [0.29, 0.717) is 17.8 Å². The van der Waals surface area contributed by atoms with Crippen molar-refractivity contribution in [1.29, 1.82) is 0 Å². The second-order valence-electron chi connectivity index (χ2n) is 12.8. The average Bonchev–Trinajstić information content (AvgIpc) is 2.99. The van der Waals surface area contributed by atoms with Crippen molar-refractivity contribution in [3.05, 3.63) is 0 Å². The van der Waals surface area contributed by atoms with Gasteiger partial charge < -0.3 is 10.2 Å². The third-order valence-electron chi connectivity index (χ3n) is 11.0. The van der Waals surface area contributed by atoms with Crippen LogP contribution in [0, 0.1) is 46.3 Å². The molecule has 168 valence electrons. The lowest BCUT2D eigenvalue weighted by Gasteiger charge is -2.64. The Hall–Kier alpha value is -0.0800. The summed E-state index contributed by atoms with van der Waals surface area (Å²) in [5.74, 6) is 4.94. The van der Waals surface area contributed by atoms with Gasteiger partial charge in [-0.1, -0.05) is 53.9 Å². The minimum Gasteiger partial charge on any atom is -0.393 e. The van der Waals surface area contributed by atoms with E-state index >= 15 is 0 Å². The minimum absolute atomic E-state index is 0.0252. The number of rotatable bonds is 5. The summed E-state index contributed by atoms with van der Waals surface area (Å²) in [5.41, 5.74) is -0.0719. The van der Waals surface area contributed by atoms with Crippen LogP contribution in [0.4, 0.5) is 0 Å². The van der Waals surface area contributed by atoms with Gasteiger partial charge in [0.1, 0.15) is 0 Å². The van der Waals surface area contributed by atoms with Crippen molar-refractivity contribution in [2.24, 2.45) is 46.3 Å². The molecule has 29 heavy (non-hydrogen) atoms. The van der Waals surface area contributed by atoms with Gasteiger partial charge in [-0.25, -0.2) is 0 Å². The smallest absolute Gasteiger partial charge is 0.0728 e. The fourth-order valence-electron chi connectivity index (χ4n) is 9.25. The fraction of sp³-hybridized carbons (Fsp3) is 1.00. The summed E-state index contributed by atoms with van der Waals surface area (Å²) < 4.78 is 0. The van der Waals surface area contributed by atoms with Crippen LogP contribution in [-0.2, 0) is 0 Å². The summed E-state index contributed by atoms with van der Waals surface area (Å²) in [6.45, 7) is 12.3. The van der Waals surface area contributed by atoms with E-state index in [1.54, 1.807) is 0 Å². The Morgan fingerprint density at radius 1 is 0.862 bits per heavy atom. The van der Waals surface area contributed by atoms with Gasteiger partial charge in [0.2, 0.25) is 0 Å². The van der Waals surface area contributed by atoms with Crippen molar-refractivity contribution in [3.63, 3.8) is 0 Å². The molecule has 0 spiro atoms. The number of aliphatic hydroxyl groups excluding tert-OH is 1. The highest BCUT2D eigenvalue weighted by Crippen LogP contribution is 2.69. The second-order valence-corrected chi connectivity index (χ2v) is 12.8. The third kappa shape index (κ3) is 3.53. The number of hydrogen-bond acceptors (Lipinski definition) is 2.